The lowest BCUT2D eigenvalue weighted by molar-refractivity contribution is 1.34. The van der Waals surface area contributed by atoms with E-state index in [-0.39, 0.29) is 0 Å². The summed E-state index contributed by atoms with van der Waals surface area (Å²) in [5.74, 6) is 0. The largest absolute Gasteiger partial charge is 0.345 e. The van der Waals surface area contributed by atoms with Crippen molar-refractivity contribution >= 4 is 22.1 Å². The molecule has 2 aromatic carbocycles. The summed E-state index contributed by atoms with van der Waals surface area (Å²) >= 11 is 0. The molecule has 2 heterocycles. The van der Waals surface area contributed by atoms with Crippen molar-refractivity contribution in [1.82, 2.24) is 19.9 Å². The number of hydrogen-bond acceptors (Lipinski definition) is 2. The zero-order chi connectivity index (χ0) is 14.2. The van der Waals surface area contributed by atoms with Gasteiger partial charge in [-0.25, -0.2) is 9.97 Å². The fraction of sp³-hybridized carbons (Fsp3) is 0. The number of aromatic amines is 2. The monoisotopic (exact) mass is 264 g/mol. The Morgan fingerprint density at radius 2 is 1.05 bits per heavy atom. The van der Waals surface area contributed by atoms with Gasteiger partial charge in [-0.1, -0.05) is 24.3 Å². The Hall–Kier alpha value is -2.88. The lowest BCUT2D eigenvalue weighted by Crippen LogP contribution is -1.63. The van der Waals surface area contributed by atoms with Gasteiger partial charge in [-0.2, -0.15) is 0 Å². The molecule has 0 atom stereocenters. The average Bonchev–Trinajstić information content (AvgIpc) is 3.18. The Morgan fingerprint density at radius 3 is 1.45 bits per heavy atom. The van der Waals surface area contributed by atoms with Crippen molar-refractivity contribution in [1.29, 1.82) is 0 Å². The molecule has 0 radical (unpaired) electrons. The van der Waals surface area contributed by atoms with Crippen LogP contribution in [0.3, 0.4) is 0 Å². The van der Waals surface area contributed by atoms with Crippen LogP contribution in [0, 0.1) is 0 Å². The molecule has 2 aromatic heterocycles. The van der Waals surface area contributed by atoms with E-state index in [2.05, 4.69) is 33.1 Å². The minimum Gasteiger partial charge on any atom is -0.345 e. The van der Waals surface area contributed by atoms with E-state index in [0.29, 0.717) is 0 Å². The summed E-state index contributed by atoms with van der Waals surface area (Å²) in [6.07, 6.45) is 3.40. The topological polar surface area (TPSA) is 57.4 Å². The number of para-hydroxylation sites is 4. The first-order chi connectivity index (χ1) is 9.93. The highest BCUT2D eigenvalue weighted by molar-refractivity contribution is 5.74. The molecule has 0 aliphatic rings. The minimum absolute atomic E-state index is 1.03. The van der Waals surface area contributed by atoms with Gasteiger partial charge < -0.3 is 9.97 Å². The first-order valence-corrected chi connectivity index (χ1v) is 6.20. The fourth-order valence-corrected chi connectivity index (χ4v) is 1.76. The van der Waals surface area contributed by atoms with Gasteiger partial charge in [0.1, 0.15) is 0 Å². The average molecular weight is 264 g/mol. The zero-order valence-corrected chi connectivity index (χ0v) is 11.1. The third kappa shape index (κ3) is 3.11. The Morgan fingerprint density at radius 1 is 0.650 bits per heavy atom. The van der Waals surface area contributed by atoms with Crippen LogP contribution in [0.2, 0.25) is 0 Å². The third-order valence-corrected chi connectivity index (χ3v) is 2.66. The molecule has 4 heteroatoms. The van der Waals surface area contributed by atoms with Crippen molar-refractivity contribution < 1.29 is 0 Å². The standard InChI is InChI=1S/2C7H6N2.C2H4/c2*1-2-4-7-6(3-1)8-5-9-7;1-2/h2*1-5H,(H,8,9);1-2H2. The van der Waals surface area contributed by atoms with E-state index in [1.807, 2.05) is 48.5 Å². The number of nitrogens with one attached hydrogen (secondary N) is 2. The highest BCUT2D eigenvalue weighted by atomic mass is 14.9. The van der Waals surface area contributed by atoms with Crippen LogP contribution in [0.1, 0.15) is 0 Å². The molecule has 4 nitrogen and oxygen atoms in total. The number of rotatable bonds is 0. The van der Waals surface area contributed by atoms with E-state index in [1.54, 1.807) is 12.7 Å². The molecule has 0 unspecified atom stereocenters. The first kappa shape index (κ1) is 13.5. The molecule has 0 amide bonds. The molecule has 2 N–H and O–H groups in total. The predicted molar refractivity (Wildman–Crippen MR) is 83.4 cm³/mol. The van der Waals surface area contributed by atoms with Crippen LogP contribution in [0.5, 0.6) is 0 Å². The maximum absolute atomic E-state index is 4.06. The molecular formula is C16H16N4. The molecule has 0 bridgehead atoms. The Balaban J connectivity index is 0.000000131. The highest BCUT2D eigenvalue weighted by Crippen LogP contribution is 2.06. The van der Waals surface area contributed by atoms with Crippen molar-refractivity contribution in [2.45, 2.75) is 0 Å². The summed E-state index contributed by atoms with van der Waals surface area (Å²) in [6.45, 7) is 6.00. The van der Waals surface area contributed by atoms with E-state index in [0.717, 1.165) is 22.1 Å². The molecule has 20 heavy (non-hydrogen) atoms. The van der Waals surface area contributed by atoms with Gasteiger partial charge in [-0.15, -0.1) is 13.2 Å². The van der Waals surface area contributed by atoms with Crippen LogP contribution in [-0.4, -0.2) is 19.9 Å². The van der Waals surface area contributed by atoms with Crippen molar-refractivity contribution in [3.63, 3.8) is 0 Å². The van der Waals surface area contributed by atoms with Gasteiger partial charge in [-0.3, -0.25) is 0 Å². The Bertz CT molecular complexity index is 643. The number of aromatic nitrogens is 4. The van der Waals surface area contributed by atoms with Crippen molar-refractivity contribution in [2.75, 3.05) is 0 Å². The smallest absolute Gasteiger partial charge is 0.0931 e. The summed E-state index contributed by atoms with van der Waals surface area (Å²) in [5.41, 5.74) is 4.24. The lowest BCUT2D eigenvalue weighted by Gasteiger charge is -1.81. The molecule has 4 rings (SSSR count). The van der Waals surface area contributed by atoms with Gasteiger partial charge in [0, 0.05) is 0 Å². The summed E-state index contributed by atoms with van der Waals surface area (Å²) in [4.78, 5) is 14.1. The molecular weight excluding hydrogens is 248 g/mol. The number of benzene rings is 2. The van der Waals surface area contributed by atoms with Crippen LogP contribution in [0.15, 0.2) is 74.3 Å². The minimum atomic E-state index is 1.03. The number of imidazole rings is 2. The Kier molecular flexibility index (Phi) is 4.67. The van der Waals surface area contributed by atoms with Gasteiger partial charge in [0.05, 0.1) is 34.7 Å². The third-order valence-electron chi connectivity index (χ3n) is 2.66. The molecule has 100 valence electrons. The van der Waals surface area contributed by atoms with E-state index < -0.39 is 0 Å². The number of fused-ring (bicyclic) bond motifs is 2. The molecule has 0 fully saturated rings. The summed E-state index contributed by atoms with van der Waals surface area (Å²) in [6, 6.07) is 15.9. The first-order valence-electron chi connectivity index (χ1n) is 6.20. The van der Waals surface area contributed by atoms with Gasteiger partial charge in [0.25, 0.3) is 0 Å². The maximum Gasteiger partial charge on any atom is 0.0931 e. The normalized spacial score (nSPS) is 9.40. The SMILES string of the molecule is C=C.c1ccc2[nH]cnc2c1.c1ccc2[nH]cnc2c1. The molecule has 0 saturated carbocycles. The van der Waals surface area contributed by atoms with E-state index in [4.69, 9.17) is 0 Å². The fourth-order valence-electron chi connectivity index (χ4n) is 1.76. The lowest BCUT2D eigenvalue weighted by atomic mass is 10.3. The van der Waals surface area contributed by atoms with E-state index in [1.165, 1.54) is 0 Å². The second-order valence-corrected chi connectivity index (χ2v) is 3.84. The number of nitrogens with zero attached hydrogens (tertiary/aromatic N) is 2. The van der Waals surface area contributed by atoms with Crippen molar-refractivity contribution in [3.8, 4) is 0 Å². The molecule has 0 aliphatic heterocycles. The van der Waals surface area contributed by atoms with Crippen LogP contribution in [-0.2, 0) is 0 Å². The van der Waals surface area contributed by atoms with Crippen molar-refractivity contribution in [2.24, 2.45) is 0 Å². The quantitative estimate of drug-likeness (QED) is 0.473. The highest BCUT2D eigenvalue weighted by Gasteiger charge is 1.89. The Labute approximate surface area is 117 Å². The van der Waals surface area contributed by atoms with Crippen LogP contribution >= 0.6 is 0 Å². The second-order valence-electron chi connectivity index (χ2n) is 3.84. The summed E-state index contributed by atoms with van der Waals surface area (Å²) in [7, 11) is 0. The van der Waals surface area contributed by atoms with Gasteiger partial charge >= 0.3 is 0 Å². The molecule has 4 aromatic rings. The molecule has 0 aliphatic carbocycles. The molecule has 0 saturated heterocycles. The van der Waals surface area contributed by atoms with Crippen LogP contribution < -0.4 is 0 Å². The zero-order valence-electron chi connectivity index (χ0n) is 11.1. The summed E-state index contributed by atoms with van der Waals surface area (Å²) in [5, 5.41) is 0. The van der Waals surface area contributed by atoms with E-state index >= 15 is 0 Å². The van der Waals surface area contributed by atoms with Crippen LogP contribution in [0.4, 0.5) is 0 Å². The van der Waals surface area contributed by atoms with Gasteiger partial charge in [0.2, 0.25) is 0 Å². The predicted octanol–water partition coefficient (Wildman–Crippen LogP) is 3.93. The summed E-state index contributed by atoms with van der Waals surface area (Å²) < 4.78 is 0. The maximum atomic E-state index is 4.06. The number of hydrogen-bond donors (Lipinski definition) is 2. The van der Waals surface area contributed by atoms with E-state index in [9.17, 15) is 0 Å². The van der Waals surface area contributed by atoms with Gasteiger partial charge in [-0.05, 0) is 24.3 Å². The van der Waals surface area contributed by atoms with Crippen molar-refractivity contribution in [3.05, 3.63) is 74.3 Å². The number of H-pyrrole nitrogens is 2. The molecule has 0 spiro atoms. The second kappa shape index (κ2) is 6.89. The van der Waals surface area contributed by atoms with Gasteiger partial charge in [0.15, 0.2) is 0 Å². The van der Waals surface area contributed by atoms with Crippen LogP contribution in [0.25, 0.3) is 22.1 Å².